The van der Waals surface area contributed by atoms with E-state index in [-0.39, 0.29) is 5.91 Å². The van der Waals surface area contributed by atoms with Crippen LogP contribution in [-0.2, 0) is 4.79 Å². The summed E-state index contributed by atoms with van der Waals surface area (Å²) >= 11 is 0. The highest BCUT2D eigenvalue weighted by atomic mass is 16.5. The standard InChI is InChI=1S/C16H24N2O2/c1-12-4-5-15(13(2)10-12)20-9-6-16(19)18-8-7-17-14(3)11-18/h4-5,10,14,17H,6-9,11H2,1-3H3. The highest BCUT2D eigenvalue weighted by Crippen LogP contribution is 2.18. The molecule has 4 heteroatoms. The molecule has 0 saturated carbocycles. The molecule has 0 radical (unpaired) electrons. The van der Waals surface area contributed by atoms with E-state index in [1.807, 2.05) is 24.0 Å². The number of carbonyl (C=O) groups excluding carboxylic acids is 1. The number of nitrogens with one attached hydrogen (secondary N) is 1. The number of ether oxygens (including phenoxy) is 1. The molecule has 1 fully saturated rings. The van der Waals surface area contributed by atoms with Crippen molar-refractivity contribution in [1.29, 1.82) is 0 Å². The van der Waals surface area contributed by atoms with E-state index in [1.165, 1.54) is 5.56 Å². The van der Waals surface area contributed by atoms with Crippen molar-refractivity contribution < 1.29 is 9.53 Å². The lowest BCUT2D eigenvalue weighted by molar-refractivity contribution is -0.132. The van der Waals surface area contributed by atoms with Gasteiger partial charge in [-0.3, -0.25) is 4.79 Å². The van der Waals surface area contributed by atoms with Gasteiger partial charge in [0.25, 0.3) is 0 Å². The van der Waals surface area contributed by atoms with Crippen LogP contribution in [-0.4, -0.2) is 43.1 Å². The normalized spacial score (nSPS) is 18.9. The summed E-state index contributed by atoms with van der Waals surface area (Å²) < 4.78 is 5.72. The first-order chi connectivity index (χ1) is 9.56. The predicted octanol–water partition coefficient (Wildman–Crippen LogP) is 1.89. The lowest BCUT2D eigenvalue weighted by Gasteiger charge is -2.32. The Labute approximate surface area is 121 Å². The molecule has 0 aliphatic carbocycles. The molecule has 4 nitrogen and oxygen atoms in total. The smallest absolute Gasteiger partial charge is 0.226 e. The van der Waals surface area contributed by atoms with Crippen molar-refractivity contribution in [1.82, 2.24) is 10.2 Å². The number of hydrogen-bond donors (Lipinski definition) is 1. The lowest BCUT2D eigenvalue weighted by Crippen LogP contribution is -2.51. The molecule has 2 rings (SSSR count). The molecule has 1 unspecified atom stereocenters. The van der Waals surface area contributed by atoms with Crippen LogP contribution in [0.2, 0.25) is 0 Å². The molecule has 1 atom stereocenters. The topological polar surface area (TPSA) is 41.6 Å². The van der Waals surface area contributed by atoms with Crippen LogP contribution in [0, 0.1) is 13.8 Å². The number of aryl methyl sites for hydroxylation is 2. The zero-order chi connectivity index (χ0) is 14.5. The zero-order valence-corrected chi connectivity index (χ0v) is 12.6. The van der Waals surface area contributed by atoms with Crippen LogP contribution in [0.25, 0.3) is 0 Å². The molecular weight excluding hydrogens is 252 g/mol. The van der Waals surface area contributed by atoms with Crippen molar-refractivity contribution in [3.63, 3.8) is 0 Å². The van der Waals surface area contributed by atoms with Gasteiger partial charge in [0, 0.05) is 25.7 Å². The van der Waals surface area contributed by atoms with E-state index in [0.717, 1.165) is 30.9 Å². The molecule has 0 bridgehead atoms. The molecule has 1 heterocycles. The lowest BCUT2D eigenvalue weighted by atomic mass is 10.1. The summed E-state index contributed by atoms with van der Waals surface area (Å²) in [5.74, 6) is 1.06. The number of hydrogen-bond acceptors (Lipinski definition) is 3. The molecule has 1 aliphatic rings. The number of piperazine rings is 1. The van der Waals surface area contributed by atoms with Gasteiger partial charge < -0.3 is 15.0 Å². The van der Waals surface area contributed by atoms with Crippen LogP contribution < -0.4 is 10.1 Å². The first-order valence-electron chi connectivity index (χ1n) is 7.27. The van der Waals surface area contributed by atoms with Crippen molar-refractivity contribution >= 4 is 5.91 Å². The Morgan fingerprint density at radius 1 is 1.45 bits per heavy atom. The Kier molecular flexibility index (Phi) is 5.01. The third-order valence-electron chi connectivity index (χ3n) is 3.63. The molecule has 0 aromatic heterocycles. The highest BCUT2D eigenvalue weighted by molar-refractivity contribution is 5.76. The van der Waals surface area contributed by atoms with E-state index >= 15 is 0 Å². The number of carbonyl (C=O) groups is 1. The van der Waals surface area contributed by atoms with Gasteiger partial charge in [0.2, 0.25) is 5.91 Å². The average molecular weight is 276 g/mol. The summed E-state index contributed by atoms with van der Waals surface area (Å²) in [5, 5.41) is 3.34. The molecule has 0 spiro atoms. The molecular formula is C16H24N2O2. The van der Waals surface area contributed by atoms with Gasteiger partial charge in [0.15, 0.2) is 0 Å². The van der Waals surface area contributed by atoms with Crippen LogP contribution in [0.15, 0.2) is 18.2 Å². The van der Waals surface area contributed by atoms with E-state index in [2.05, 4.69) is 25.2 Å². The van der Waals surface area contributed by atoms with Crippen molar-refractivity contribution in [3.05, 3.63) is 29.3 Å². The fourth-order valence-corrected chi connectivity index (χ4v) is 2.53. The van der Waals surface area contributed by atoms with Gasteiger partial charge in [0.1, 0.15) is 5.75 Å². The van der Waals surface area contributed by atoms with Crippen LogP contribution in [0.4, 0.5) is 0 Å². The van der Waals surface area contributed by atoms with E-state index in [4.69, 9.17) is 4.74 Å². The van der Waals surface area contributed by atoms with Crippen LogP contribution in [0.1, 0.15) is 24.5 Å². The van der Waals surface area contributed by atoms with E-state index in [9.17, 15) is 4.79 Å². The minimum absolute atomic E-state index is 0.183. The number of nitrogens with zero attached hydrogens (tertiary/aromatic N) is 1. The van der Waals surface area contributed by atoms with Crippen molar-refractivity contribution in [2.45, 2.75) is 33.2 Å². The third kappa shape index (κ3) is 3.97. The van der Waals surface area contributed by atoms with E-state index in [0.29, 0.717) is 19.1 Å². The maximum absolute atomic E-state index is 12.1. The highest BCUT2D eigenvalue weighted by Gasteiger charge is 2.20. The maximum atomic E-state index is 12.1. The Hall–Kier alpha value is -1.55. The molecule has 1 aliphatic heterocycles. The number of amides is 1. The number of rotatable bonds is 4. The van der Waals surface area contributed by atoms with Crippen LogP contribution in [0.5, 0.6) is 5.75 Å². The second-order valence-corrected chi connectivity index (χ2v) is 5.56. The predicted molar refractivity (Wildman–Crippen MR) is 80.1 cm³/mol. The van der Waals surface area contributed by atoms with E-state index < -0.39 is 0 Å². The summed E-state index contributed by atoms with van der Waals surface area (Å²) in [6.07, 6.45) is 0.444. The SMILES string of the molecule is Cc1ccc(OCCC(=O)N2CCNC(C)C2)c(C)c1. The van der Waals surface area contributed by atoms with E-state index in [1.54, 1.807) is 0 Å². The summed E-state index contributed by atoms with van der Waals surface area (Å²) in [6.45, 7) is 9.11. The second-order valence-electron chi connectivity index (χ2n) is 5.56. The Balaban J connectivity index is 1.79. The maximum Gasteiger partial charge on any atom is 0.226 e. The number of benzene rings is 1. The van der Waals surface area contributed by atoms with Gasteiger partial charge in [0.05, 0.1) is 13.0 Å². The second kappa shape index (κ2) is 6.75. The first kappa shape index (κ1) is 14.9. The van der Waals surface area contributed by atoms with Gasteiger partial charge in [-0.15, -0.1) is 0 Å². The van der Waals surface area contributed by atoms with Gasteiger partial charge >= 0.3 is 0 Å². The zero-order valence-electron chi connectivity index (χ0n) is 12.6. The Morgan fingerprint density at radius 2 is 2.25 bits per heavy atom. The average Bonchev–Trinajstić information content (AvgIpc) is 2.41. The molecule has 1 amide bonds. The fraction of sp³-hybridized carbons (Fsp3) is 0.562. The monoisotopic (exact) mass is 276 g/mol. The third-order valence-corrected chi connectivity index (χ3v) is 3.63. The quantitative estimate of drug-likeness (QED) is 0.913. The first-order valence-corrected chi connectivity index (χ1v) is 7.27. The largest absolute Gasteiger partial charge is 0.493 e. The molecule has 1 aromatic carbocycles. The molecule has 1 saturated heterocycles. The van der Waals surface area contributed by atoms with Crippen molar-refractivity contribution in [2.75, 3.05) is 26.2 Å². The van der Waals surface area contributed by atoms with Crippen molar-refractivity contribution in [2.24, 2.45) is 0 Å². The molecule has 20 heavy (non-hydrogen) atoms. The van der Waals surface area contributed by atoms with Gasteiger partial charge in [-0.25, -0.2) is 0 Å². The summed E-state index contributed by atoms with van der Waals surface area (Å²) in [6, 6.07) is 6.48. The minimum atomic E-state index is 0.183. The molecule has 110 valence electrons. The Morgan fingerprint density at radius 3 is 2.95 bits per heavy atom. The van der Waals surface area contributed by atoms with Crippen LogP contribution >= 0.6 is 0 Å². The summed E-state index contributed by atoms with van der Waals surface area (Å²) in [7, 11) is 0. The summed E-state index contributed by atoms with van der Waals surface area (Å²) in [5.41, 5.74) is 2.34. The van der Waals surface area contributed by atoms with Gasteiger partial charge in [-0.1, -0.05) is 17.7 Å². The summed E-state index contributed by atoms with van der Waals surface area (Å²) in [4.78, 5) is 14.0. The fourth-order valence-electron chi connectivity index (χ4n) is 2.53. The Bertz CT molecular complexity index is 474. The minimum Gasteiger partial charge on any atom is -0.493 e. The van der Waals surface area contributed by atoms with Gasteiger partial charge in [-0.05, 0) is 32.4 Å². The van der Waals surface area contributed by atoms with Crippen molar-refractivity contribution in [3.8, 4) is 5.75 Å². The molecule has 1 N–H and O–H groups in total. The van der Waals surface area contributed by atoms with Crippen LogP contribution in [0.3, 0.4) is 0 Å². The van der Waals surface area contributed by atoms with Gasteiger partial charge in [-0.2, -0.15) is 0 Å². The molecule has 1 aromatic rings.